The van der Waals surface area contributed by atoms with Crippen molar-refractivity contribution in [3.8, 4) is 5.75 Å². The molecule has 6 heteroatoms. The number of unbranched alkanes of at least 4 members (excludes halogenated alkanes) is 2. The molecular weight excluding hydrogens is 450 g/mol. The Hall–Kier alpha value is -2.76. The molecule has 2 aliphatic carbocycles. The molecular formula is C29H34F2O4. The van der Waals surface area contributed by atoms with Crippen LogP contribution in [-0.4, -0.2) is 18.0 Å². The van der Waals surface area contributed by atoms with Gasteiger partial charge in [0.05, 0.1) is 11.1 Å². The third-order valence-corrected chi connectivity index (χ3v) is 7.61. The Labute approximate surface area is 206 Å². The number of rotatable bonds is 8. The number of ether oxygens (including phenoxy) is 2. The van der Waals surface area contributed by atoms with Crippen molar-refractivity contribution in [2.24, 2.45) is 17.8 Å². The first-order valence-electron chi connectivity index (χ1n) is 12.9. The van der Waals surface area contributed by atoms with Gasteiger partial charge in [-0.3, -0.25) is 0 Å². The number of esters is 2. The molecule has 0 N–H and O–H groups in total. The summed E-state index contributed by atoms with van der Waals surface area (Å²) in [7, 11) is 0. The third kappa shape index (κ3) is 6.68. The fourth-order valence-electron chi connectivity index (χ4n) is 5.69. The predicted octanol–water partition coefficient (Wildman–Crippen LogP) is 7.51. The quantitative estimate of drug-likeness (QED) is 0.221. The number of hydrogen-bond donors (Lipinski definition) is 0. The summed E-state index contributed by atoms with van der Waals surface area (Å²) in [6.45, 7) is 2.25. The van der Waals surface area contributed by atoms with Crippen molar-refractivity contribution < 1.29 is 27.8 Å². The second kappa shape index (κ2) is 11.8. The molecule has 0 radical (unpaired) electrons. The van der Waals surface area contributed by atoms with E-state index in [9.17, 15) is 18.4 Å². The van der Waals surface area contributed by atoms with Crippen LogP contribution in [0.1, 0.15) is 91.8 Å². The van der Waals surface area contributed by atoms with Crippen LogP contribution in [0.15, 0.2) is 42.5 Å². The molecule has 2 aromatic rings. The molecule has 188 valence electrons. The van der Waals surface area contributed by atoms with Crippen LogP contribution < -0.4 is 4.74 Å². The molecule has 4 rings (SSSR count). The first-order chi connectivity index (χ1) is 16.9. The monoisotopic (exact) mass is 484 g/mol. The number of benzene rings is 2. The summed E-state index contributed by atoms with van der Waals surface area (Å²) in [5, 5.41) is 0. The van der Waals surface area contributed by atoms with Crippen LogP contribution in [-0.2, 0) is 4.74 Å². The normalized spacial score (nSPS) is 23.9. The van der Waals surface area contributed by atoms with Gasteiger partial charge in [-0.1, -0.05) is 39.0 Å². The summed E-state index contributed by atoms with van der Waals surface area (Å²) in [6, 6.07) is 8.64. The van der Waals surface area contributed by atoms with Gasteiger partial charge >= 0.3 is 11.9 Å². The Morgan fingerprint density at radius 2 is 1.63 bits per heavy atom. The van der Waals surface area contributed by atoms with Crippen LogP contribution >= 0.6 is 0 Å². The molecule has 0 amide bonds. The molecule has 4 atom stereocenters. The average Bonchev–Trinajstić information content (AvgIpc) is 2.84. The largest absolute Gasteiger partial charge is 0.459 e. The SMILES string of the molecule is CCCCC[C@H]1CC[C@@H]2C[C@H](OC(=O)c3ccc(OC(=O)c4ccc(F)cc4F)cc3)CC[C@@H]2C1. The van der Waals surface area contributed by atoms with E-state index in [0.717, 1.165) is 43.2 Å². The van der Waals surface area contributed by atoms with Crippen molar-refractivity contribution in [3.63, 3.8) is 0 Å². The highest BCUT2D eigenvalue weighted by Crippen LogP contribution is 2.44. The highest BCUT2D eigenvalue weighted by Gasteiger charge is 2.36. The number of hydrogen-bond acceptors (Lipinski definition) is 4. The van der Waals surface area contributed by atoms with E-state index < -0.39 is 17.6 Å². The Bertz CT molecular complexity index is 1020. The lowest BCUT2D eigenvalue weighted by molar-refractivity contribution is -0.00628. The van der Waals surface area contributed by atoms with Crippen molar-refractivity contribution in [1.29, 1.82) is 0 Å². The topological polar surface area (TPSA) is 52.6 Å². The summed E-state index contributed by atoms with van der Waals surface area (Å²) >= 11 is 0. The zero-order chi connectivity index (χ0) is 24.8. The Morgan fingerprint density at radius 3 is 2.37 bits per heavy atom. The van der Waals surface area contributed by atoms with E-state index in [0.29, 0.717) is 17.5 Å². The van der Waals surface area contributed by atoms with Gasteiger partial charge in [0.2, 0.25) is 0 Å². The summed E-state index contributed by atoms with van der Waals surface area (Å²) in [5.74, 6) is -0.636. The lowest BCUT2D eigenvalue weighted by atomic mass is 9.66. The van der Waals surface area contributed by atoms with Gasteiger partial charge in [-0.2, -0.15) is 0 Å². The molecule has 0 aromatic heterocycles. The maximum absolute atomic E-state index is 13.8. The molecule has 2 saturated carbocycles. The zero-order valence-electron chi connectivity index (χ0n) is 20.3. The van der Waals surface area contributed by atoms with Crippen LogP contribution in [0, 0.1) is 29.4 Å². The Balaban J connectivity index is 1.26. The van der Waals surface area contributed by atoms with E-state index in [1.165, 1.54) is 69.2 Å². The van der Waals surface area contributed by atoms with E-state index in [4.69, 9.17) is 9.47 Å². The number of carbonyl (C=O) groups is 2. The van der Waals surface area contributed by atoms with E-state index in [1.54, 1.807) is 0 Å². The van der Waals surface area contributed by atoms with Crippen LogP contribution in [0.3, 0.4) is 0 Å². The number of carbonyl (C=O) groups excluding carboxylic acids is 2. The van der Waals surface area contributed by atoms with Gasteiger partial charge in [0.15, 0.2) is 0 Å². The fraction of sp³-hybridized carbons (Fsp3) is 0.517. The molecule has 35 heavy (non-hydrogen) atoms. The summed E-state index contributed by atoms with van der Waals surface area (Å²) in [6.07, 6.45) is 12.1. The van der Waals surface area contributed by atoms with Crippen molar-refractivity contribution >= 4 is 11.9 Å². The van der Waals surface area contributed by atoms with Crippen LogP contribution in [0.5, 0.6) is 5.75 Å². The number of halogens is 2. The standard InChI is InChI=1S/C29H34F2O4/c1-2-3-4-5-19-6-7-22-17-25(14-10-21(22)16-19)35-28(32)20-8-12-24(13-9-20)34-29(33)26-15-11-23(30)18-27(26)31/h8-9,11-13,15,18-19,21-22,25H,2-7,10,14,16-17H2,1H3/t19-,21+,22+,25+/m0/s1. The summed E-state index contributed by atoms with van der Waals surface area (Å²) < 4.78 is 37.8. The average molecular weight is 485 g/mol. The molecule has 4 nitrogen and oxygen atoms in total. The van der Waals surface area contributed by atoms with E-state index in [2.05, 4.69) is 6.92 Å². The van der Waals surface area contributed by atoms with Crippen molar-refractivity contribution in [1.82, 2.24) is 0 Å². The third-order valence-electron chi connectivity index (χ3n) is 7.61. The van der Waals surface area contributed by atoms with Gasteiger partial charge in [0, 0.05) is 6.07 Å². The lowest BCUT2D eigenvalue weighted by Crippen LogP contribution is -2.35. The van der Waals surface area contributed by atoms with E-state index in [1.807, 2.05) is 0 Å². The van der Waals surface area contributed by atoms with Gasteiger partial charge in [-0.05, 0) is 86.3 Å². The van der Waals surface area contributed by atoms with Crippen LogP contribution in [0.2, 0.25) is 0 Å². The van der Waals surface area contributed by atoms with Gasteiger partial charge in [-0.15, -0.1) is 0 Å². The highest BCUT2D eigenvalue weighted by molar-refractivity contribution is 5.92. The first kappa shape index (κ1) is 25.3. The van der Waals surface area contributed by atoms with E-state index >= 15 is 0 Å². The lowest BCUT2D eigenvalue weighted by Gasteiger charge is -2.42. The van der Waals surface area contributed by atoms with Crippen LogP contribution in [0.4, 0.5) is 8.78 Å². The van der Waals surface area contributed by atoms with Crippen LogP contribution in [0.25, 0.3) is 0 Å². The van der Waals surface area contributed by atoms with Gasteiger partial charge in [-0.25, -0.2) is 18.4 Å². The second-order valence-electron chi connectivity index (χ2n) is 10.1. The molecule has 0 heterocycles. The number of fused-ring (bicyclic) bond motifs is 1. The summed E-state index contributed by atoms with van der Waals surface area (Å²) in [4.78, 5) is 24.8. The second-order valence-corrected chi connectivity index (χ2v) is 10.1. The molecule has 2 fully saturated rings. The highest BCUT2D eigenvalue weighted by atomic mass is 19.1. The van der Waals surface area contributed by atoms with Gasteiger partial charge in [0.25, 0.3) is 0 Å². The predicted molar refractivity (Wildman–Crippen MR) is 129 cm³/mol. The van der Waals surface area contributed by atoms with Crippen molar-refractivity contribution in [3.05, 3.63) is 65.2 Å². The molecule has 0 bridgehead atoms. The smallest absolute Gasteiger partial charge is 0.346 e. The fourth-order valence-corrected chi connectivity index (χ4v) is 5.69. The van der Waals surface area contributed by atoms with Gasteiger partial charge < -0.3 is 9.47 Å². The molecule has 0 aliphatic heterocycles. The Morgan fingerprint density at radius 1 is 0.886 bits per heavy atom. The van der Waals surface area contributed by atoms with Crippen molar-refractivity contribution in [2.75, 3.05) is 0 Å². The Kier molecular flexibility index (Phi) is 8.53. The minimum atomic E-state index is -0.991. The minimum absolute atomic E-state index is 0.0562. The first-order valence-corrected chi connectivity index (χ1v) is 12.9. The van der Waals surface area contributed by atoms with Gasteiger partial charge in [0.1, 0.15) is 23.5 Å². The molecule has 2 aliphatic rings. The zero-order valence-corrected chi connectivity index (χ0v) is 20.3. The maximum atomic E-state index is 13.8. The molecule has 0 unspecified atom stereocenters. The molecule has 2 aromatic carbocycles. The molecule has 0 saturated heterocycles. The van der Waals surface area contributed by atoms with Crippen molar-refractivity contribution in [2.45, 2.75) is 77.2 Å². The van der Waals surface area contributed by atoms with E-state index in [-0.39, 0.29) is 23.4 Å². The summed E-state index contributed by atoms with van der Waals surface area (Å²) in [5.41, 5.74) is 0.0139. The maximum Gasteiger partial charge on any atom is 0.346 e. The molecule has 0 spiro atoms. The minimum Gasteiger partial charge on any atom is -0.459 e.